The first kappa shape index (κ1) is 16.2. The van der Waals surface area contributed by atoms with Crippen LogP contribution in [0, 0.1) is 0 Å². The fourth-order valence-corrected chi connectivity index (χ4v) is 1.39. The maximum absolute atomic E-state index is 11.7. The van der Waals surface area contributed by atoms with Gasteiger partial charge >= 0.3 is 0 Å². The molecule has 0 aliphatic heterocycles. The first-order valence-corrected chi connectivity index (χ1v) is 6.19. The van der Waals surface area contributed by atoms with E-state index in [9.17, 15) is 13.6 Å². The van der Waals surface area contributed by atoms with Crippen molar-refractivity contribution in [2.24, 2.45) is 0 Å². The maximum atomic E-state index is 11.7. The van der Waals surface area contributed by atoms with Crippen molar-refractivity contribution in [3.8, 4) is 5.75 Å². The minimum absolute atomic E-state index is 0.0216. The smallest absolute Gasteiger partial charge is 0.261 e. The SMILES string of the molecule is Nc1cccc(OCCNC(=O)CCOCC(F)F)c1. The summed E-state index contributed by atoms with van der Waals surface area (Å²) in [6, 6.07) is 6.95. The molecular weight excluding hydrogens is 270 g/mol. The number of benzene rings is 1. The van der Waals surface area contributed by atoms with Crippen LogP contribution in [0.3, 0.4) is 0 Å². The predicted molar refractivity (Wildman–Crippen MR) is 70.8 cm³/mol. The highest BCUT2D eigenvalue weighted by Crippen LogP contribution is 2.13. The average molecular weight is 288 g/mol. The number of hydrogen-bond donors (Lipinski definition) is 2. The summed E-state index contributed by atoms with van der Waals surface area (Å²) in [7, 11) is 0. The van der Waals surface area contributed by atoms with Gasteiger partial charge in [-0.05, 0) is 12.1 Å². The first-order chi connectivity index (χ1) is 9.58. The fraction of sp³-hybridized carbons (Fsp3) is 0.462. The zero-order valence-corrected chi connectivity index (χ0v) is 11.0. The van der Waals surface area contributed by atoms with Crippen molar-refractivity contribution in [1.29, 1.82) is 0 Å². The number of ether oxygens (including phenoxy) is 2. The molecule has 1 aromatic rings. The second-order valence-electron chi connectivity index (χ2n) is 3.99. The van der Waals surface area contributed by atoms with Gasteiger partial charge in [-0.3, -0.25) is 4.79 Å². The van der Waals surface area contributed by atoms with Gasteiger partial charge in [-0.15, -0.1) is 0 Å². The number of halogens is 2. The Balaban J connectivity index is 2.04. The summed E-state index contributed by atoms with van der Waals surface area (Å²) in [4.78, 5) is 11.3. The van der Waals surface area contributed by atoms with E-state index in [4.69, 9.17) is 10.5 Å². The zero-order valence-electron chi connectivity index (χ0n) is 11.0. The Labute approximate surface area is 116 Å². The van der Waals surface area contributed by atoms with Crippen LogP contribution in [-0.4, -0.2) is 38.7 Å². The number of hydrogen-bond acceptors (Lipinski definition) is 4. The van der Waals surface area contributed by atoms with Crippen LogP contribution >= 0.6 is 0 Å². The Hall–Kier alpha value is -1.89. The molecule has 0 spiro atoms. The van der Waals surface area contributed by atoms with E-state index in [0.29, 0.717) is 24.6 Å². The number of alkyl halides is 2. The number of rotatable bonds is 9. The number of amides is 1. The topological polar surface area (TPSA) is 73.6 Å². The molecule has 1 rings (SSSR count). The van der Waals surface area contributed by atoms with Gasteiger partial charge in [0.05, 0.1) is 13.2 Å². The third-order valence-corrected chi connectivity index (χ3v) is 2.27. The number of anilines is 1. The lowest BCUT2D eigenvalue weighted by Gasteiger charge is -2.08. The third kappa shape index (κ3) is 7.52. The van der Waals surface area contributed by atoms with Gasteiger partial charge in [-0.1, -0.05) is 6.07 Å². The Morgan fingerprint density at radius 1 is 1.35 bits per heavy atom. The summed E-state index contributed by atoms with van der Waals surface area (Å²) in [6.07, 6.45) is -2.46. The Morgan fingerprint density at radius 3 is 2.85 bits per heavy atom. The molecular formula is C13H18F2N2O3. The lowest BCUT2D eigenvalue weighted by molar-refractivity contribution is -0.122. The number of nitrogens with one attached hydrogen (secondary N) is 1. The van der Waals surface area contributed by atoms with Crippen LogP contribution in [0.25, 0.3) is 0 Å². The molecule has 20 heavy (non-hydrogen) atoms. The second kappa shape index (κ2) is 9.08. The molecule has 5 nitrogen and oxygen atoms in total. The van der Waals surface area contributed by atoms with Crippen molar-refractivity contribution in [1.82, 2.24) is 5.32 Å². The number of nitrogens with two attached hydrogens (primary N) is 1. The van der Waals surface area contributed by atoms with E-state index in [1.165, 1.54) is 0 Å². The van der Waals surface area contributed by atoms with Crippen LogP contribution in [-0.2, 0) is 9.53 Å². The second-order valence-corrected chi connectivity index (χ2v) is 3.99. The minimum Gasteiger partial charge on any atom is -0.492 e. The van der Waals surface area contributed by atoms with Crippen molar-refractivity contribution in [2.45, 2.75) is 12.8 Å². The molecule has 0 fully saturated rings. The van der Waals surface area contributed by atoms with Crippen LogP contribution in [0.4, 0.5) is 14.5 Å². The number of nitrogen functional groups attached to an aromatic ring is 1. The van der Waals surface area contributed by atoms with Gasteiger partial charge in [-0.2, -0.15) is 0 Å². The molecule has 0 bridgehead atoms. The summed E-state index contributed by atoms with van der Waals surface area (Å²) in [5.74, 6) is 0.356. The highest BCUT2D eigenvalue weighted by atomic mass is 19.3. The Morgan fingerprint density at radius 2 is 2.15 bits per heavy atom. The molecule has 0 saturated carbocycles. The van der Waals surface area contributed by atoms with Gasteiger partial charge < -0.3 is 20.5 Å². The van der Waals surface area contributed by atoms with Gasteiger partial charge in [0, 0.05) is 18.2 Å². The summed E-state index contributed by atoms with van der Waals surface area (Å²) in [5.41, 5.74) is 6.18. The van der Waals surface area contributed by atoms with Gasteiger partial charge in [0.15, 0.2) is 0 Å². The molecule has 1 aromatic carbocycles. The van der Waals surface area contributed by atoms with E-state index in [0.717, 1.165) is 0 Å². The normalized spacial score (nSPS) is 10.6. The summed E-state index contributed by atoms with van der Waals surface area (Å²) >= 11 is 0. The quantitative estimate of drug-likeness (QED) is 0.532. The minimum atomic E-state index is -2.51. The molecule has 0 aliphatic rings. The number of carbonyl (C=O) groups excluding carboxylic acids is 1. The average Bonchev–Trinajstić information content (AvgIpc) is 2.40. The van der Waals surface area contributed by atoms with Crippen molar-refractivity contribution in [2.75, 3.05) is 32.1 Å². The third-order valence-electron chi connectivity index (χ3n) is 2.27. The number of carbonyl (C=O) groups is 1. The summed E-state index contributed by atoms with van der Waals surface area (Å²) in [6.45, 7) is -0.0480. The molecule has 0 radical (unpaired) electrons. The molecule has 1 amide bonds. The van der Waals surface area contributed by atoms with Crippen molar-refractivity contribution < 1.29 is 23.0 Å². The zero-order chi connectivity index (χ0) is 14.8. The predicted octanol–water partition coefficient (Wildman–Crippen LogP) is 1.44. The van der Waals surface area contributed by atoms with Crippen LogP contribution in [0.2, 0.25) is 0 Å². The summed E-state index contributed by atoms with van der Waals surface area (Å²) < 4.78 is 33.5. The molecule has 7 heteroatoms. The van der Waals surface area contributed by atoms with Crippen molar-refractivity contribution >= 4 is 11.6 Å². The van der Waals surface area contributed by atoms with Crippen LogP contribution in [0.5, 0.6) is 5.75 Å². The van der Waals surface area contributed by atoms with Crippen molar-refractivity contribution in [3.05, 3.63) is 24.3 Å². The van der Waals surface area contributed by atoms with Crippen molar-refractivity contribution in [3.63, 3.8) is 0 Å². The lowest BCUT2D eigenvalue weighted by atomic mass is 10.3. The molecule has 112 valence electrons. The van der Waals surface area contributed by atoms with E-state index in [1.807, 2.05) is 0 Å². The van der Waals surface area contributed by atoms with Gasteiger partial charge in [0.25, 0.3) is 6.43 Å². The van der Waals surface area contributed by atoms with Gasteiger partial charge in [0.1, 0.15) is 19.0 Å². The Kier molecular flexibility index (Phi) is 7.34. The van der Waals surface area contributed by atoms with E-state index in [-0.39, 0.29) is 18.9 Å². The molecule has 0 aromatic heterocycles. The Bertz CT molecular complexity index is 416. The van der Waals surface area contributed by atoms with Crippen LogP contribution < -0.4 is 15.8 Å². The van der Waals surface area contributed by atoms with Gasteiger partial charge in [-0.25, -0.2) is 8.78 Å². The largest absolute Gasteiger partial charge is 0.492 e. The molecule has 3 N–H and O–H groups in total. The molecule has 0 unspecified atom stereocenters. The highest BCUT2D eigenvalue weighted by Gasteiger charge is 2.04. The molecule has 0 heterocycles. The molecule has 0 aliphatic carbocycles. The summed E-state index contributed by atoms with van der Waals surface area (Å²) in [5, 5.41) is 2.59. The van der Waals surface area contributed by atoms with Gasteiger partial charge in [0.2, 0.25) is 5.91 Å². The monoisotopic (exact) mass is 288 g/mol. The highest BCUT2D eigenvalue weighted by molar-refractivity contribution is 5.75. The maximum Gasteiger partial charge on any atom is 0.261 e. The van der Waals surface area contributed by atoms with E-state index in [2.05, 4.69) is 10.1 Å². The standard InChI is InChI=1S/C13H18F2N2O3/c14-12(15)9-19-6-4-13(18)17-5-7-20-11-3-1-2-10(16)8-11/h1-3,8,12H,4-7,9,16H2,(H,17,18). The van der Waals surface area contributed by atoms with E-state index >= 15 is 0 Å². The lowest BCUT2D eigenvalue weighted by Crippen LogP contribution is -2.29. The van der Waals surface area contributed by atoms with E-state index in [1.54, 1.807) is 24.3 Å². The van der Waals surface area contributed by atoms with E-state index < -0.39 is 13.0 Å². The van der Waals surface area contributed by atoms with Crippen LogP contribution in [0.15, 0.2) is 24.3 Å². The molecule has 0 saturated heterocycles. The molecule has 0 atom stereocenters. The first-order valence-electron chi connectivity index (χ1n) is 6.19. The fourth-order valence-electron chi connectivity index (χ4n) is 1.39. The van der Waals surface area contributed by atoms with Crippen LogP contribution in [0.1, 0.15) is 6.42 Å².